The minimum absolute atomic E-state index is 0.152. The summed E-state index contributed by atoms with van der Waals surface area (Å²) in [6, 6.07) is 9.78. The number of carbonyl (C=O) groups is 1. The number of nitrogens with zero attached hydrogens (tertiary/aromatic N) is 1. The van der Waals surface area contributed by atoms with Crippen molar-refractivity contribution in [2.45, 2.75) is 6.92 Å². The molecule has 75 valence electrons. The van der Waals surface area contributed by atoms with Crippen LogP contribution < -0.4 is 5.32 Å². The number of aryl methyl sites for hydroxylation is 1. The third-order valence-electron chi connectivity index (χ3n) is 1.81. The third kappa shape index (κ3) is 2.41. The number of carbonyl (C=O) groups excluding carboxylic acids is 1. The van der Waals surface area contributed by atoms with Gasteiger partial charge in [0.2, 0.25) is 0 Å². The molecule has 4 heteroatoms. The smallest absolute Gasteiger partial charge is 0.257 e. The molecule has 0 atom stereocenters. The summed E-state index contributed by atoms with van der Waals surface area (Å²) in [6.07, 6.45) is 1.73. The maximum absolute atomic E-state index is 11.7. The lowest BCUT2D eigenvalue weighted by Crippen LogP contribution is -2.11. The first-order chi connectivity index (χ1) is 7.25. The van der Waals surface area contributed by atoms with Crippen molar-refractivity contribution >= 4 is 22.4 Å². The Balaban J connectivity index is 2.11. The molecule has 0 unspecified atom stereocenters. The molecule has 0 bridgehead atoms. The van der Waals surface area contributed by atoms with E-state index in [1.807, 2.05) is 6.92 Å². The Hall–Kier alpha value is -1.68. The van der Waals surface area contributed by atoms with E-state index >= 15 is 0 Å². The van der Waals surface area contributed by atoms with Gasteiger partial charge < -0.3 is 0 Å². The number of nitrogens with one attached hydrogen (secondary N) is 1. The van der Waals surface area contributed by atoms with Crippen molar-refractivity contribution in [3.8, 4) is 0 Å². The zero-order valence-electron chi connectivity index (χ0n) is 8.15. The lowest BCUT2D eigenvalue weighted by atomic mass is 10.2. The van der Waals surface area contributed by atoms with Gasteiger partial charge in [0.1, 0.15) is 0 Å². The predicted molar refractivity (Wildman–Crippen MR) is 60.1 cm³/mol. The standard InChI is InChI=1S/C11H9N2OS/c1-8-7-12-11(15-8)13-10(14)9-5-3-2-4-6-9/h2-3,5-7H,1H3,(H,12,13,14). The number of amides is 1. The van der Waals surface area contributed by atoms with E-state index in [2.05, 4.69) is 16.4 Å². The highest BCUT2D eigenvalue weighted by atomic mass is 32.1. The molecule has 0 saturated heterocycles. The van der Waals surface area contributed by atoms with E-state index in [4.69, 9.17) is 0 Å². The van der Waals surface area contributed by atoms with Crippen molar-refractivity contribution in [3.05, 3.63) is 47.0 Å². The molecule has 0 saturated carbocycles. The molecule has 1 heterocycles. The molecule has 0 aliphatic rings. The van der Waals surface area contributed by atoms with Crippen molar-refractivity contribution in [2.75, 3.05) is 5.32 Å². The van der Waals surface area contributed by atoms with Crippen molar-refractivity contribution in [3.63, 3.8) is 0 Å². The van der Waals surface area contributed by atoms with Gasteiger partial charge in [-0.15, -0.1) is 11.3 Å². The fraction of sp³-hybridized carbons (Fsp3) is 0.0909. The number of hydrogen-bond donors (Lipinski definition) is 1. The van der Waals surface area contributed by atoms with E-state index in [-0.39, 0.29) is 5.91 Å². The molecular formula is C11H9N2OS. The molecule has 0 aliphatic heterocycles. The number of hydrogen-bond acceptors (Lipinski definition) is 3. The normalized spacial score (nSPS) is 9.93. The van der Waals surface area contributed by atoms with Crippen LogP contribution in [-0.2, 0) is 0 Å². The second-order valence-electron chi connectivity index (χ2n) is 3.02. The summed E-state index contributed by atoms with van der Waals surface area (Å²) in [7, 11) is 0. The molecule has 3 nitrogen and oxygen atoms in total. The lowest BCUT2D eigenvalue weighted by Gasteiger charge is -1.99. The highest BCUT2D eigenvalue weighted by Crippen LogP contribution is 2.17. The Morgan fingerprint density at radius 2 is 2.47 bits per heavy atom. The molecule has 0 spiro atoms. The van der Waals surface area contributed by atoms with Gasteiger partial charge in [-0.2, -0.15) is 0 Å². The van der Waals surface area contributed by atoms with Crippen LogP contribution in [0.5, 0.6) is 0 Å². The molecule has 0 fully saturated rings. The number of benzene rings is 1. The molecule has 0 aliphatic carbocycles. The average molecular weight is 217 g/mol. The molecule has 2 rings (SSSR count). The molecule has 1 aromatic heterocycles. The summed E-state index contributed by atoms with van der Waals surface area (Å²) in [6.45, 7) is 1.95. The average Bonchev–Trinajstić information content (AvgIpc) is 2.65. The number of rotatable bonds is 2. The highest BCUT2D eigenvalue weighted by molar-refractivity contribution is 7.15. The van der Waals surface area contributed by atoms with E-state index in [1.165, 1.54) is 11.3 Å². The van der Waals surface area contributed by atoms with Crippen LogP contribution in [0.4, 0.5) is 5.13 Å². The highest BCUT2D eigenvalue weighted by Gasteiger charge is 2.06. The lowest BCUT2D eigenvalue weighted by molar-refractivity contribution is 0.102. The third-order valence-corrected chi connectivity index (χ3v) is 2.64. The summed E-state index contributed by atoms with van der Waals surface area (Å²) in [4.78, 5) is 16.8. The zero-order valence-corrected chi connectivity index (χ0v) is 8.97. The van der Waals surface area contributed by atoms with E-state index < -0.39 is 0 Å². The van der Waals surface area contributed by atoms with Gasteiger partial charge in [-0.05, 0) is 25.1 Å². The quantitative estimate of drug-likeness (QED) is 0.839. The molecule has 1 aromatic carbocycles. The summed E-state index contributed by atoms with van der Waals surface area (Å²) in [5.41, 5.74) is 0.588. The van der Waals surface area contributed by atoms with Crippen LogP contribution in [0.25, 0.3) is 0 Å². The van der Waals surface area contributed by atoms with Crippen LogP contribution in [-0.4, -0.2) is 10.9 Å². The van der Waals surface area contributed by atoms with Crippen molar-refractivity contribution in [1.82, 2.24) is 4.98 Å². The minimum Gasteiger partial charge on any atom is -0.298 e. The van der Waals surface area contributed by atoms with E-state index in [0.717, 1.165) is 4.88 Å². The topological polar surface area (TPSA) is 42.0 Å². The van der Waals surface area contributed by atoms with E-state index in [0.29, 0.717) is 10.7 Å². The van der Waals surface area contributed by atoms with Crippen LogP contribution in [0, 0.1) is 13.0 Å². The summed E-state index contributed by atoms with van der Waals surface area (Å²) in [5.74, 6) is -0.152. The molecule has 2 aromatic rings. The second kappa shape index (κ2) is 4.23. The van der Waals surface area contributed by atoms with Gasteiger partial charge in [0, 0.05) is 16.6 Å². The Bertz CT molecular complexity index is 464. The summed E-state index contributed by atoms with van der Waals surface area (Å²) >= 11 is 1.46. The fourth-order valence-electron chi connectivity index (χ4n) is 1.12. The number of aromatic nitrogens is 1. The largest absolute Gasteiger partial charge is 0.298 e. The Kier molecular flexibility index (Phi) is 2.78. The van der Waals surface area contributed by atoms with Crippen LogP contribution >= 0.6 is 11.3 Å². The Labute approximate surface area is 91.8 Å². The van der Waals surface area contributed by atoms with Gasteiger partial charge in [0.25, 0.3) is 5.91 Å². The van der Waals surface area contributed by atoms with Gasteiger partial charge in [-0.25, -0.2) is 4.98 Å². The van der Waals surface area contributed by atoms with Gasteiger partial charge in [0.15, 0.2) is 5.13 Å². The SMILES string of the molecule is Cc1cnc(NC(=O)c2c[c]ccc2)s1. The van der Waals surface area contributed by atoms with Gasteiger partial charge in [-0.1, -0.05) is 12.1 Å². The second-order valence-corrected chi connectivity index (χ2v) is 4.26. The first-order valence-electron chi connectivity index (χ1n) is 4.45. The minimum atomic E-state index is -0.152. The molecule has 1 N–H and O–H groups in total. The van der Waals surface area contributed by atoms with Crippen molar-refractivity contribution in [1.29, 1.82) is 0 Å². The van der Waals surface area contributed by atoms with Crippen molar-refractivity contribution < 1.29 is 4.79 Å². The molecule has 15 heavy (non-hydrogen) atoms. The summed E-state index contributed by atoms with van der Waals surface area (Å²) < 4.78 is 0. The zero-order chi connectivity index (χ0) is 10.7. The van der Waals surface area contributed by atoms with Crippen LogP contribution in [0.2, 0.25) is 0 Å². The number of thiazole rings is 1. The van der Waals surface area contributed by atoms with Gasteiger partial charge in [0.05, 0.1) is 0 Å². The number of anilines is 1. The maximum Gasteiger partial charge on any atom is 0.257 e. The van der Waals surface area contributed by atoms with Crippen molar-refractivity contribution in [2.24, 2.45) is 0 Å². The molecular weight excluding hydrogens is 208 g/mol. The first-order valence-corrected chi connectivity index (χ1v) is 5.27. The Morgan fingerprint density at radius 1 is 1.60 bits per heavy atom. The van der Waals surface area contributed by atoms with E-state index in [9.17, 15) is 4.79 Å². The Morgan fingerprint density at radius 3 is 3.07 bits per heavy atom. The van der Waals surface area contributed by atoms with Crippen LogP contribution in [0.15, 0.2) is 30.5 Å². The maximum atomic E-state index is 11.7. The first kappa shape index (κ1) is 9.86. The van der Waals surface area contributed by atoms with Gasteiger partial charge in [-0.3, -0.25) is 10.1 Å². The predicted octanol–water partition coefficient (Wildman–Crippen LogP) is 2.50. The molecule has 1 radical (unpaired) electrons. The van der Waals surface area contributed by atoms with Crippen LogP contribution in [0.3, 0.4) is 0 Å². The van der Waals surface area contributed by atoms with Crippen LogP contribution in [0.1, 0.15) is 15.2 Å². The summed E-state index contributed by atoms with van der Waals surface area (Å²) in [5, 5.41) is 3.35. The molecule has 1 amide bonds. The van der Waals surface area contributed by atoms with Gasteiger partial charge >= 0.3 is 0 Å². The monoisotopic (exact) mass is 217 g/mol. The fourth-order valence-corrected chi connectivity index (χ4v) is 1.78. The van der Waals surface area contributed by atoms with E-state index in [1.54, 1.807) is 30.5 Å².